The Morgan fingerprint density at radius 3 is 2.77 bits per heavy atom. The van der Waals surface area contributed by atoms with Gasteiger partial charge in [-0.1, -0.05) is 18.2 Å². The van der Waals surface area contributed by atoms with Gasteiger partial charge in [-0.05, 0) is 55.7 Å². The Labute approximate surface area is 131 Å². The molecule has 2 aliphatic rings. The van der Waals surface area contributed by atoms with E-state index in [-0.39, 0.29) is 11.9 Å². The predicted octanol–water partition coefficient (Wildman–Crippen LogP) is 3.28. The van der Waals surface area contributed by atoms with Crippen LogP contribution in [-0.4, -0.2) is 19.2 Å². The summed E-state index contributed by atoms with van der Waals surface area (Å²) in [6.07, 6.45) is 7.43. The molecule has 2 aliphatic carbocycles. The molecule has 1 aromatic carbocycles. The molecule has 118 valence electrons. The highest BCUT2D eigenvalue weighted by atomic mass is 16.5. The first-order valence-corrected chi connectivity index (χ1v) is 8.04. The van der Waals surface area contributed by atoms with Gasteiger partial charge in [0, 0.05) is 0 Å². The molecule has 4 nitrogen and oxygen atoms in total. The van der Waals surface area contributed by atoms with Gasteiger partial charge < -0.3 is 15.2 Å². The van der Waals surface area contributed by atoms with Crippen LogP contribution in [0.25, 0.3) is 0 Å². The first-order valence-electron chi connectivity index (χ1n) is 8.04. The van der Waals surface area contributed by atoms with Crippen LogP contribution in [0, 0.1) is 11.8 Å². The van der Waals surface area contributed by atoms with Crippen LogP contribution in [-0.2, 0) is 9.53 Å². The number of anilines is 1. The van der Waals surface area contributed by atoms with E-state index in [4.69, 9.17) is 15.2 Å². The molecule has 2 N–H and O–H groups in total. The summed E-state index contributed by atoms with van der Waals surface area (Å²) in [7, 11) is 0. The zero-order valence-corrected chi connectivity index (χ0v) is 13.0. The molecule has 0 aromatic heterocycles. The summed E-state index contributed by atoms with van der Waals surface area (Å²) in [4.78, 5) is 12.3. The molecule has 1 unspecified atom stereocenters. The van der Waals surface area contributed by atoms with E-state index in [1.165, 1.54) is 12.8 Å². The number of hydrogen-bond acceptors (Lipinski definition) is 4. The number of nitrogen functional groups attached to an aromatic ring is 1. The maximum atomic E-state index is 12.3. The number of benzene rings is 1. The number of rotatable bonds is 8. The molecule has 0 radical (unpaired) electrons. The highest BCUT2D eigenvalue weighted by Crippen LogP contribution is 2.36. The van der Waals surface area contributed by atoms with Gasteiger partial charge in [0.2, 0.25) is 0 Å². The summed E-state index contributed by atoms with van der Waals surface area (Å²) >= 11 is 0. The Kier molecular flexibility index (Phi) is 4.36. The summed E-state index contributed by atoms with van der Waals surface area (Å²) in [5.41, 5.74) is 7.54. The van der Waals surface area contributed by atoms with E-state index in [0.29, 0.717) is 36.5 Å². The van der Waals surface area contributed by atoms with Crippen molar-refractivity contribution in [3.63, 3.8) is 0 Å². The minimum Gasteiger partial charge on any atom is -0.491 e. The van der Waals surface area contributed by atoms with Crippen molar-refractivity contribution in [1.82, 2.24) is 0 Å². The van der Waals surface area contributed by atoms with Crippen molar-refractivity contribution in [2.45, 2.75) is 32.1 Å². The van der Waals surface area contributed by atoms with Crippen LogP contribution in [0.3, 0.4) is 0 Å². The fourth-order valence-electron chi connectivity index (χ4n) is 2.50. The molecule has 1 saturated carbocycles. The van der Waals surface area contributed by atoms with Crippen LogP contribution >= 0.6 is 0 Å². The fraction of sp³-hybridized carbons (Fsp3) is 0.500. The lowest BCUT2D eigenvalue weighted by molar-refractivity contribution is -0.145. The van der Waals surface area contributed by atoms with E-state index in [0.717, 1.165) is 12.0 Å². The second-order valence-corrected chi connectivity index (χ2v) is 6.14. The maximum absolute atomic E-state index is 12.3. The smallest absolute Gasteiger partial charge is 0.313 e. The van der Waals surface area contributed by atoms with Gasteiger partial charge in [0.15, 0.2) is 0 Å². The number of ether oxygens (including phenoxy) is 2. The van der Waals surface area contributed by atoms with Gasteiger partial charge in [-0.2, -0.15) is 0 Å². The Morgan fingerprint density at radius 2 is 2.14 bits per heavy atom. The number of esters is 1. The highest BCUT2D eigenvalue weighted by molar-refractivity contribution is 5.79. The molecule has 0 bridgehead atoms. The topological polar surface area (TPSA) is 61.5 Å². The Balaban J connectivity index is 1.75. The van der Waals surface area contributed by atoms with Crippen molar-refractivity contribution in [1.29, 1.82) is 0 Å². The van der Waals surface area contributed by atoms with E-state index < -0.39 is 0 Å². The summed E-state index contributed by atoms with van der Waals surface area (Å²) < 4.78 is 11.0. The first kappa shape index (κ1) is 14.9. The Bertz CT molecular complexity index is 572. The van der Waals surface area contributed by atoms with Crippen molar-refractivity contribution >= 4 is 11.7 Å². The molecule has 0 saturated heterocycles. The predicted molar refractivity (Wildman–Crippen MR) is 85.7 cm³/mol. The SMILES string of the molecule is CCOC(=O)C(CC1C=C1)c1ccc(N)c(OCC2CC2)c1. The standard InChI is InChI=1S/C18H23NO3/c1-2-21-18(20)15(9-12-3-4-12)14-7-8-16(19)17(10-14)22-11-13-5-6-13/h3-4,7-8,10,12-13,15H,2,5-6,9,11,19H2,1H3. The summed E-state index contributed by atoms with van der Waals surface area (Å²) in [5.74, 6) is 1.32. The average molecular weight is 301 g/mol. The van der Waals surface area contributed by atoms with Crippen LogP contribution in [0.2, 0.25) is 0 Å². The van der Waals surface area contributed by atoms with Crippen LogP contribution in [0.5, 0.6) is 5.75 Å². The molecule has 3 rings (SSSR count). The van der Waals surface area contributed by atoms with Gasteiger partial charge >= 0.3 is 5.97 Å². The van der Waals surface area contributed by atoms with Gasteiger partial charge in [0.1, 0.15) is 5.75 Å². The van der Waals surface area contributed by atoms with E-state index in [1.54, 1.807) is 0 Å². The fourth-order valence-corrected chi connectivity index (χ4v) is 2.50. The van der Waals surface area contributed by atoms with Crippen molar-refractivity contribution in [2.75, 3.05) is 18.9 Å². The number of hydrogen-bond donors (Lipinski definition) is 1. The van der Waals surface area contributed by atoms with Gasteiger partial charge in [-0.15, -0.1) is 0 Å². The Morgan fingerprint density at radius 1 is 1.36 bits per heavy atom. The van der Waals surface area contributed by atoms with E-state index >= 15 is 0 Å². The summed E-state index contributed by atoms with van der Waals surface area (Å²) in [5, 5.41) is 0. The normalized spacial score (nSPS) is 18.0. The van der Waals surface area contributed by atoms with Crippen LogP contribution in [0.4, 0.5) is 5.69 Å². The monoisotopic (exact) mass is 301 g/mol. The van der Waals surface area contributed by atoms with Crippen molar-refractivity contribution in [2.24, 2.45) is 11.8 Å². The summed E-state index contributed by atoms with van der Waals surface area (Å²) in [6.45, 7) is 2.94. The van der Waals surface area contributed by atoms with Gasteiger partial charge in [-0.3, -0.25) is 4.79 Å². The second kappa shape index (κ2) is 6.42. The number of allylic oxidation sites excluding steroid dienone is 2. The molecule has 4 heteroatoms. The van der Waals surface area contributed by atoms with Crippen LogP contribution < -0.4 is 10.5 Å². The minimum absolute atomic E-state index is 0.172. The lowest BCUT2D eigenvalue weighted by Crippen LogP contribution is -2.17. The van der Waals surface area contributed by atoms with Gasteiger partial charge in [-0.25, -0.2) is 0 Å². The van der Waals surface area contributed by atoms with Gasteiger partial charge in [0.05, 0.1) is 24.8 Å². The van der Waals surface area contributed by atoms with Crippen LogP contribution in [0.15, 0.2) is 30.4 Å². The number of carbonyl (C=O) groups is 1. The third-order valence-electron chi connectivity index (χ3n) is 4.16. The third-order valence-corrected chi connectivity index (χ3v) is 4.16. The van der Waals surface area contributed by atoms with Gasteiger partial charge in [0.25, 0.3) is 0 Å². The minimum atomic E-state index is -0.260. The molecule has 0 spiro atoms. The molecule has 1 fully saturated rings. The number of carbonyl (C=O) groups excluding carboxylic acids is 1. The lowest BCUT2D eigenvalue weighted by Gasteiger charge is -2.18. The molecule has 0 amide bonds. The first-order chi connectivity index (χ1) is 10.7. The van der Waals surface area contributed by atoms with Crippen LogP contribution in [0.1, 0.15) is 37.7 Å². The quantitative estimate of drug-likeness (QED) is 0.455. The second-order valence-electron chi connectivity index (χ2n) is 6.14. The molecule has 0 aliphatic heterocycles. The largest absolute Gasteiger partial charge is 0.491 e. The molecular formula is C18H23NO3. The molecule has 1 atom stereocenters. The average Bonchev–Trinajstić information content (AvgIpc) is 3.38. The zero-order chi connectivity index (χ0) is 15.5. The molecule has 22 heavy (non-hydrogen) atoms. The van der Waals surface area contributed by atoms with Crippen molar-refractivity contribution < 1.29 is 14.3 Å². The molecule has 1 aromatic rings. The third kappa shape index (κ3) is 3.81. The molecular weight excluding hydrogens is 278 g/mol. The number of nitrogens with two attached hydrogens (primary N) is 1. The lowest BCUT2D eigenvalue weighted by atomic mass is 9.92. The van der Waals surface area contributed by atoms with Crippen molar-refractivity contribution in [3.05, 3.63) is 35.9 Å². The van der Waals surface area contributed by atoms with E-state index in [9.17, 15) is 4.79 Å². The summed E-state index contributed by atoms with van der Waals surface area (Å²) in [6, 6.07) is 5.63. The highest BCUT2D eigenvalue weighted by Gasteiger charge is 2.28. The Hall–Kier alpha value is -1.97. The van der Waals surface area contributed by atoms with E-state index in [1.807, 2.05) is 25.1 Å². The van der Waals surface area contributed by atoms with E-state index in [2.05, 4.69) is 12.2 Å². The van der Waals surface area contributed by atoms with Crippen molar-refractivity contribution in [3.8, 4) is 5.75 Å². The molecule has 0 heterocycles. The zero-order valence-electron chi connectivity index (χ0n) is 13.0. The maximum Gasteiger partial charge on any atom is 0.313 e.